The van der Waals surface area contributed by atoms with E-state index in [1.54, 1.807) is 0 Å². The van der Waals surface area contributed by atoms with Crippen LogP contribution in [-0.4, -0.2) is 40.9 Å². The molecule has 3 aliphatic rings. The molecule has 5 nitrogen and oxygen atoms in total. The van der Waals surface area contributed by atoms with Gasteiger partial charge in [0.1, 0.15) is 0 Å². The van der Waals surface area contributed by atoms with Gasteiger partial charge in [-0.05, 0) is 48.9 Å². The van der Waals surface area contributed by atoms with Crippen LogP contribution in [0.15, 0.2) is 48.8 Å². The standard InChI is InChI=1S/C25H31N3O2/c29-24(23-19-9-3-1-2-4-10-20(19)23)26-15-18-16-28(17-18)25(30)21-11-5-6-12-22(21)27-13-7-8-14-27/h5-8,11-14,18-20,23H,1-4,9-10,15-17H2,(H,26,29). The van der Waals surface area contributed by atoms with Crippen molar-refractivity contribution < 1.29 is 9.59 Å². The van der Waals surface area contributed by atoms with Gasteiger partial charge >= 0.3 is 0 Å². The van der Waals surface area contributed by atoms with Crippen molar-refractivity contribution in [3.8, 4) is 5.69 Å². The Morgan fingerprint density at radius 2 is 1.57 bits per heavy atom. The summed E-state index contributed by atoms with van der Waals surface area (Å²) >= 11 is 0. The van der Waals surface area contributed by atoms with E-state index in [0.717, 1.165) is 24.3 Å². The summed E-state index contributed by atoms with van der Waals surface area (Å²) in [7, 11) is 0. The molecule has 2 unspecified atom stereocenters. The third-order valence-corrected chi connectivity index (χ3v) is 7.29. The molecule has 2 saturated carbocycles. The van der Waals surface area contributed by atoms with E-state index in [4.69, 9.17) is 0 Å². The van der Waals surface area contributed by atoms with Crippen LogP contribution < -0.4 is 5.32 Å². The van der Waals surface area contributed by atoms with Gasteiger partial charge in [-0.2, -0.15) is 0 Å². The highest BCUT2D eigenvalue weighted by atomic mass is 16.2. The summed E-state index contributed by atoms with van der Waals surface area (Å²) in [5.74, 6) is 2.22. The lowest BCUT2D eigenvalue weighted by molar-refractivity contribution is -0.123. The van der Waals surface area contributed by atoms with Crippen molar-refractivity contribution in [1.82, 2.24) is 14.8 Å². The molecule has 2 aliphatic carbocycles. The minimum absolute atomic E-state index is 0.0718. The number of hydrogen-bond donors (Lipinski definition) is 1. The number of para-hydroxylation sites is 1. The minimum Gasteiger partial charge on any atom is -0.355 e. The van der Waals surface area contributed by atoms with Crippen LogP contribution in [-0.2, 0) is 4.79 Å². The van der Waals surface area contributed by atoms with Gasteiger partial charge in [0.15, 0.2) is 0 Å². The third-order valence-electron chi connectivity index (χ3n) is 7.29. The maximum absolute atomic E-state index is 13.0. The first-order valence-corrected chi connectivity index (χ1v) is 11.5. The van der Waals surface area contributed by atoms with Crippen molar-refractivity contribution >= 4 is 11.8 Å². The highest BCUT2D eigenvalue weighted by molar-refractivity contribution is 5.98. The summed E-state index contributed by atoms with van der Waals surface area (Å²) in [5.41, 5.74) is 1.64. The van der Waals surface area contributed by atoms with Gasteiger partial charge in [0.25, 0.3) is 5.91 Å². The molecule has 0 spiro atoms. The zero-order chi connectivity index (χ0) is 20.5. The van der Waals surface area contributed by atoms with Crippen molar-refractivity contribution in [3.05, 3.63) is 54.4 Å². The van der Waals surface area contributed by atoms with Gasteiger partial charge in [-0.15, -0.1) is 0 Å². The van der Waals surface area contributed by atoms with Gasteiger partial charge in [-0.3, -0.25) is 9.59 Å². The number of hydrogen-bond acceptors (Lipinski definition) is 2. The average molecular weight is 406 g/mol. The average Bonchev–Trinajstić information content (AvgIpc) is 3.12. The molecule has 0 radical (unpaired) electrons. The maximum atomic E-state index is 13.0. The molecule has 0 bridgehead atoms. The number of nitrogens with zero attached hydrogens (tertiary/aromatic N) is 2. The molecule has 158 valence electrons. The third kappa shape index (κ3) is 3.78. The second-order valence-electron chi connectivity index (χ2n) is 9.27. The van der Waals surface area contributed by atoms with Crippen LogP contribution in [0, 0.1) is 23.7 Å². The van der Waals surface area contributed by atoms with E-state index in [2.05, 4.69) is 5.32 Å². The Balaban J connectivity index is 1.12. The first-order chi connectivity index (χ1) is 14.7. The fraction of sp³-hybridized carbons (Fsp3) is 0.520. The summed E-state index contributed by atoms with van der Waals surface area (Å²) < 4.78 is 1.98. The monoisotopic (exact) mass is 405 g/mol. The predicted molar refractivity (Wildman–Crippen MR) is 116 cm³/mol. The minimum atomic E-state index is 0.0718. The zero-order valence-corrected chi connectivity index (χ0v) is 17.5. The van der Waals surface area contributed by atoms with E-state index in [1.165, 1.54) is 38.5 Å². The Kier molecular flexibility index (Phi) is 5.36. The Morgan fingerprint density at radius 3 is 2.27 bits per heavy atom. The molecular formula is C25H31N3O2. The fourth-order valence-electron chi connectivity index (χ4n) is 5.51. The molecule has 1 N–H and O–H groups in total. The Morgan fingerprint density at radius 1 is 0.900 bits per heavy atom. The molecule has 1 aromatic carbocycles. The van der Waals surface area contributed by atoms with E-state index < -0.39 is 0 Å². The van der Waals surface area contributed by atoms with Crippen LogP contribution in [0.5, 0.6) is 0 Å². The first-order valence-electron chi connectivity index (χ1n) is 11.5. The highest BCUT2D eigenvalue weighted by Gasteiger charge is 2.53. The van der Waals surface area contributed by atoms with Gasteiger partial charge in [0, 0.05) is 43.9 Å². The van der Waals surface area contributed by atoms with Crippen LogP contribution in [0.3, 0.4) is 0 Å². The van der Waals surface area contributed by atoms with Crippen molar-refractivity contribution in [3.63, 3.8) is 0 Å². The number of fused-ring (bicyclic) bond motifs is 1. The van der Waals surface area contributed by atoms with Crippen LogP contribution >= 0.6 is 0 Å². The van der Waals surface area contributed by atoms with E-state index in [0.29, 0.717) is 24.3 Å². The van der Waals surface area contributed by atoms with Crippen LogP contribution in [0.4, 0.5) is 0 Å². The van der Waals surface area contributed by atoms with Gasteiger partial charge < -0.3 is 14.8 Å². The molecule has 1 aromatic heterocycles. The Bertz CT molecular complexity index is 887. The van der Waals surface area contributed by atoms with Crippen LogP contribution in [0.25, 0.3) is 5.69 Å². The van der Waals surface area contributed by atoms with Crippen molar-refractivity contribution in [2.75, 3.05) is 19.6 Å². The second kappa shape index (κ2) is 8.29. The highest BCUT2D eigenvalue weighted by Crippen LogP contribution is 2.53. The van der Waals surface area contributed by atoms with Gasteiger partial charge in [0.2, 0.25) is 5.91 Å². The molecule has 5 heteroatoms. The number of rotatable bonds is 5. The smallest absolute Gasteiger partial charge is 0.256 e. The SMILES string of the molecule is O=C(NCC1CN(C(=O)c2ccccc2-n2cccc2)C1)C1C2CCCCCCC21. The van der Waals surface area contributed by atoms with Crippen LogP contribution in [0.2, 0.25) is 0 Å². The molecule has 1 aliphatic heterocycles. The van der Waals surface area contributed by atoms with Crippen molar-refractivity contribution in [2.24, 2.45) is 23.7 Å². The number of carbonyl (C=O) groups is 2. The summed E-state index contributed by atoms with van der Waals surface area (Å²) in [6.45, 7) is 2.13. The summed E-state index contributed by atoms with van der Waals surface area (Å²) in [6.07, 6.45) is 11.6. The second-order valence-corrected chi connectivity index (χ2v) is 9.27. The first kappa shape index (κ1) is 19.4. The summed E-state index contributed by atoms with van der Waals surface area (Å²) in [6, 6.07) is 11.7. The van der Waals surface area contributed by atoms with Gasteiger partial charge in [-0.1, -0.05) is 37.8 Å². The molecule has 30 heavy (non-hydrogen) atoms. The fourth-order valence-corrected chi connectivity index (χ4v) is 5.51. The van der Waals surface area contributed by atoms with Gasteiger partial charge in [0.05, 0.1) is 11.3 Å². The largest absolute Gasteiger partial charge is 0.355 e. The number of likely N-dealkylation sites (tertiary alicyclic amines) is 1. The molecular weight excluding hydrogens is 374 g/mol. The normalized spacial score (nSPS) is 26.1. The van der Waals surface area contributed by atoms with Gasteiger partial charge in [-0.25, -0.2) is 0 Å². The summed E-state index contributed by atoms with van der Waals surface area (Å²) in [4.78, 5) is 27.6. The molecule has 3 fully saturated rings. The number of carbonyl (C=O) groups excluding carboxylic acids is 2. The lowest BCUT2D eigenvalue weighted by Crippen LogP contribution is -2.54. The van der Waals surface area contributed by atoms with E-state index in [9.17, 15) is 9.59 Å². The van der Waals surface area contributed by atoms with Crippen LogP contribution in [0.1, 0.15) is 48.9 Å². The lowest BCUT2D eigenvalue weighted by Gasteiger charge is -2.39. The number of nitrogens with one attached hydrogen (secondary N) is 1. The predicted octanol–water partition coefficient (Wildman–Crippen LogP) is 3.88. The van der Waals surface area contributed by atoms with E-state index in [1.807, 2.05) is 58.3 Å². The van der Waals surface area contributed by atoms with E-state index in [-0.39, 0.29) is 17.7 Å². The molecule has 2 heterocycles. The zero-order valence-electron chi connectivity index (χ0n) is 17.5. The van der Waals surface area contributed by atoms with Crippen molar-refractivity contribution in [1.29, 1.82) is 0 Å². The maximum Gasteiger partial charge on any atom is 0.256 e. The molecule has 2 aromatic rings. The molecule has 2 atom stereocenters. The lowest BCUT2D eigenvalue weighted by atomic mass is 9.98. The molecule has 1 saturated heterocycles. The number of amides is 2. The molecule has 5 rings (SSSR count). The Hall–Kier alpha value is -2.56. The topological polar surface area (TPSA) is 54.3 Å². The number of benzene rings is 1. The quantitative estimate of drug-likeness (QED) is 0.821. The Labute approximate surface area is 178 Å². The van der Waals surface area contributed by atoms with E-state index >= 15 is 0 Å². The number of aromatic nitrogens is 1. The summed E-state index contributed by atoms with van der Waals surface area (Å²) in [5, 5.41) is 3.20. The van der Waals surface area contributed by atoms with Crippen molar-refractivity contribution in [2.45, 2.75) is 38.5 Å². The molecule has 2 amide bonds.